The Labute approximate surface area is 125 Å². The molecule has 0 amide bonds. The van der Waals surface area contributed by atoms with E-state index in [1.54, 1.807) is 6.07 Å². The standard InChI is InChI=1S/C16H13BrFNO/c1-11-2-5-16(13(6-11)8-17)20-10-12-3-4-15(18)14(7-12)9-19/h2-7H,8,10H2,1H3. The molecule has 0 heterocycles. The van der Waals surface area contributed by atoms with Crippen molar-refractivity contribution in [2.24, 2.45) is 0 Å². The summed E-state index contributed by atoms with van der Waals surface area (Å²) in [6, 6.07) is 12.2. The summed E-state index contributed by atoms with van der Waals surface area (Å²) < 4.78 is 19.0. The average molecular weight is 334 g/mol. The molecule has 2 nitrogen and oxygen atoms in total. The van der Waals surface area contributed by atoms with E-state index in [0.29, 0.717) is 11.9 Å². The molecule has 0 N–H and O–H groups in total. The van der Waals surface area contributed by atoms with Crippen LogP contribution in [0.4, 0.5) is 4.39 Å². The monoisotopic (exact) mass is 333 g/mol. The number of hydrogen-bond donors (Lipinski definition) is 0. The van der Waals surface area contributed by atoms with Crippen LogP contribution in [0.3, 0.4) is 0 Å². The van der Waals surface area contributed by atoms with E-state index in [2.05, 4.69) is 22.0 Å². The van der Waals surface area contributed by atoms with E-state index in [0.717, 1.165) is 16.9 Å². The maximum absolute atomic E-state index is 13.2. The van der Waals surface area contributed by atoms with Gasteiger partial charge in [0.1, 0.15) is 24.2 Å². The molecule has 0 radical (unpaired) electrons. The van der Waals surface area contributed by atoms with Crippen molar-refractivity contribution in [2.45, 2.75) is 18.9 Å². The van der Waals surface area contributed by atoms with Crippen LogP contribution < -0.4 is 4.74 Å². The molecule has 20 heavy (non-hydrogen) atoms. The summed E-state index contributed by atoms with van der Waals surface area (Å²) in [5, 5.41) is 9.51. The summed E-state index contributed by atoms with van der Waals surface area (Å²) in [7, 11) is 0. The van der Waals surface area contributed by atoms with E-state index in [1.165, 1.54) is 17.7 Å². The van der Waals surface area contributed by atoms with Gasteiger partial charge in [-0.2, -0.15) is 5.26 Å². The summed E-state index contributed by atoms with van der Waals surface area (Å²) in [6.07, 6.45) is 0. The topological polar surface area (TPSA) is 33.0 Å². The molecule has 0 spiro atoms. The Morgan fingerprint density at radius 2 is 2.05 bits per heavy atom. The maximum atomic E-state index is 13.2. The highest BCUT2D eigenvalue weighted by Crippen LogP contribution is 2.23. The highest BCUT2D eigenvalue weighted by atomic mass is 79.9. The predicted octanol–water partition coefficient (Wildman–Crippen LogP) is 4.48. The number of benzene rings is 2. The second-order valence-electron chi connectivity index (χ2n) is 4.46. The van der Waals surface area contributed by atoms with E-state index in [-0.39, 0.29) is 5.56 Å². The van der Waals surface area contributed by atoms with Crippen LogP contribution in [0.25, 0.3) is 0 Å². The molecule has 0 unspecified atom stereocenters. The fraction of sp³-hybridized carbons (Fsp3) is 0.188. The first-order valence-corrected chi connectivity index (χ1v) is 7.23. The molecular formula is C16H13BrFNO. The lowest BCUT2D eigenvalue weighted by Gasteiger charge is -2.11. The van der Waals surface area contributed by atoms with Gasteiger partial charge in [-0.1, -0.05) is 39.7 Å². The highest BCUT2D eigenvalue weighted by Gasteiger charge is 2.06. The third-order valence-electron chi connectivity index (χ3n) is 2.91. The molecule has 0 aliphatic rings. The lowest BCUT2D eigenvalue weighted by Crippen LogP contribution is -1.99. The first-order chi connectivity index (χ1) is 9.63. The van der Waals surface area contributed by atoms with Crippen molar-refractivity contribution in [3.05, 3.63) is 64.5 Å². The molecule has 0 atom stereocenters. The van der Waals surface area contributed by atoms with Gasteiger partial charge in [-0.3, -0.25) is 0 Å². The fourth-order valence-electron chi connectivity index (χ4n) is 1.86. The molecule has 4 heteroatoms. The molecule has 0 bridgehead atoms. The number of rotatable bonds is 4. The lowest BCUT2D eigenvalue weighted by molar-refractivity contribution is 0.303. The SMILES string of the molecule is Cc1ccc(OCc2ccc(F)c(C#N)c2)c(CBr)c1. The fourth-order valence-corrected chi connectivity index (χ4v) is 2.30. The molecule has 102 valence electrons. The number of nitriles is 1. The summed E-state index contributed by atoms with van der Waals surface area (Å²) in [6.45, 7) is 2.33. The predicted molar refractivity (Wildman–Crippen MR) is 79.3 cm³/mol. The van der Waals surface area contributed by atoms with E-state index in [9.17, 15) is 4.39 Å². The third kappa shape index (κ3) is 3.37. The van der Waals surface area contributed by atoms with Gasteiger partial charge in [0.25, 0.3) is 0 Å². The Bertz CT molecular complexity index is 664. The summed E-state index contributed by atoms with van der Waals surface area (Å²) in [5.74, 6) is 0.281. The van der Waals surface area contributed by atoms with E-state index < -0.39 is 5.82 Å². The van der Waals surface area contributed by atoms with Crippen LogP contribution in [0.5, 0.6) is 5.75 Å². The molecule has 2 rings (SSSR count). The zero-order valence-electron chi connectivity index (χ0n) is 11.0. The molecule has 0 saturated heterocycles. The van der Waals surface area contributed by atoms with Crippen molar-refractivity contribution in [3.8, 4) is 11.8 Å². The van der Waals surface area contributed by atoms with Crippen LogP contribution in [-0.2, 0) is 11.9 Å². The summed E-state index contributed by atoms with van der Waals surface area (Å²) >= 11 is 3.43. The molecule has 0 aromatic heterocycles. The maximum Gasteiger partial charge on any atom is 0.140 e. The minimum atomic E-state index is -0.507. The molecule has 2 aromatic carbocycles. The largest absolute Gasteiger partial charge is 0.489 e. The molecule has 0 aliphatic carbocycles. The Balaban J connectivity index is 2.15. The summed E-state index contributed by atoms with van der Waals surface area (Å²) in [5.41, 5.74) is 3.03. The Hall–Kier alpha value is -1.86. The van der Waals surface area contributed by atoms with Gasteiger partial charge in [0.05, 0.1) is 5.56 Å². The molecule has 2 aromatic rings. The number of ether oxygens (including phenoxy) is 1. The second kappa shape index (κ2) is 6.53. The third-order valence-corrected chi connectivity index (χ3v) is 3.51. The van der Waals surface area contributed by atoms with Crippen molar-refractivity contribution >= 4 is 15.9 Å². The van der Waals surface area contributed by atoms with Gasteiger partial charge in [-0.25, -0.2) is 4.39 Å². The van der Waals surface area contributed by atoms with Crippen LogP contribution in [0.1, 0.15) is 22.3 Å². The first kappa shape index (κ1) is 14.5. The van der Waals surface area contributed by atoms with Crippen molar-refractivity contribution in [3.63, 3.8) is 0 Å². The van der Waals surface area contributed by atoms with Crippen LogP contribution in [0, 0.1) is 24.1 Å². The second-order valence-corrected chi connectivity index (χ2v) is 5.02. The normalized spacial score (nSPS) is 10.1. The van der Waals surface area contributed by atoms with Crippen molar-refractivity contribution in [1.82, 2.24) is 0 Å². The molecule has 0 saturated carbocycles. The van der Waals surface area contributed by atoms with Gasteiger partial charge < -0.3 is 4.74 Å². The van der Waals surface area contributed by atoms with E-state index in [4.69, 9.17) is 10.00 Å². The smallest absolute Gasteiger partial charge is 0.140 e. The summed E-state index contributed by atoms with van der Waals surface area (Å²) in [4.78, 5) is 0. The van der Waals surface area contributed by atoms with E-state index >= 15 is 0 Å². The first-order valence-electron chi connectivity index (χ1n) is 6.11. The number of alkyl halides is 1. The van der Waals surface area contributed by atoms with Crippen molar-refractivity contribution in [1.29, 1.82) is 5.26 Å². The Kier molecular flexibility index (Phi) is 4.75. The molecular weight excluding hydrogens is 321 g/mol. The van der Waals surface area contributed by atoms with Gasteiger partial charge in [-0.05, 0) is 30.7 Å². The zero-order chi connectivity index (χ0) is 14.5. The minimum Gasteiger partial charge on any atom is -0.489 e. The van der Waals surface area contributed by atoms with Gasteiger partial charge in [0.15, 0.2) is 0 Å². The quantitative estimate of drug-likeness (QED) is 0.773. The Morgan fingerprint density at radius 1 is 1.25 bits per heavy atom. The van der Waals surface area contributed by atoms with Crippen LogP contribution in [-0.4, -0.2) is 0 Å². The van der Waals surface area contributed by atoms with E-state index in [1.807, 2.05) is 25.1 Å². The lowest BCUT2D eigenvalue weighted by atomic mass is 10.1. The Morgan fingerprint density at radius 3 is 2.75 bits per heavy atom. The van der Waals surface area contributed by atoms with Crippen LogP contribution in [0.15, 0.2) is 36.4 Å². The van der Waals surface area contributed by atoms with Gasteiger partial charge in [-0.15, -0.1) is 0 Å². The number of nitrogens with zero attached hydrogens (tertiary/aromatic N) is 1. The zero-order valence-corrected chi connectivity index (χ0v) is 12.6. The van der Waals surface area contributed by atoms with Crippen molar-refractivity contribution < 1.29 is 9.13 Å². The van der Waals surface area contributed by atoms with Crippen LogP contribution >= 0.6 is 15.9 Å². The molecule has 0 fully saturated rings. The number of halogens is 2. The highest BCUT2D eigenvalue weighted by molar-refractivity contribution is 9.08. The van der Waals surface area contributed by atoms with Gasteiger partial charge in [0.2, 0.25) is 0 Å². The number of aryl methyl sites for hydroxylation is 1. The van der Waals surface area contributed by atoms with Crippen molar-refractivity contribution in [2.75, 3.05) is 0 Å². The van der Waals surface area contributed by atoms with Crippen LogP contribution in [0.2, 0.25) is 0 Å². The minimum absolute atomic E-state index is 0.0377. The number of hydrogen-bond acceptors (Lipinski definition) is 2. The van der Waals surface area contributed by atoms with Gasteiger partial charge >= 0.3 is 0 Å². The average Bonchev–Trinajstić information content (AvgIpc) is 2.47. The molecule has 0 aliphatic heterocycles. The van der Waals surface area contributed by atoms with Gasteiger partial charge in [0, 0.05) is 10.9 Å².